The highest BCUT2D eigenvalue weighted by Crippen LogP contribution is 2.20. The first-order valence-electron chi connectivity index (χ1n) is 6.68. The molecule has 0 bridgehead atoms. The van der Waals surface area contributed by atoms with Crippen molar-refractivity contribution in [1.29, 1.82) is 0 Å². The van der Waals surface area contributed by atoms with Crippen molar-refractivity contribution in [2.45, 2.75) is 6.10 Å². The van der Waals surface area contributed by atoms with Gasteiger partial charge in [0, 0.05) is 57.1 Å². The van der Waals surface area contributed by atoms with E-state index in [1.54, 1.807) is 7.11 Å². The van der Waals surface area contributed by atoms with Crippen molar-refractivity contribution in [1.82, 2.24) is 4.90 Å². The second-order valence-corrected chi connectivity index (χ2v) is 5.30. The van der Waals surface area contributed by atoms with E-state index in [0.717, 1.165) is 37.7 Å². The summed E-state index contributed by atoms with van der Waals surface area (Å²) >= 11 is 6.03. The molecule has 0 saturated carbocycles. The molecule has 106 valence electrons. The molecule has 0 spiro atoms. The summed E-state index contributed by atoms with van der Waals surface area (Å²) in [5, 5.41) is 0.794. The lowest BCUT2D eigenvalue weighted by Gasteiger charge is -2.37. The minimum absolute atomic E-state index is 0.137. The number of nitrogens with zero attached hydrogens (tertiary/aromatic N) is 2. The maximum Gasteiger partial charge on any atom is 0.0820 e. The van der Waals surface area contributed by atoms with E-state index >= 15 is 0 Å². The average molecular weight is 284 g/mol. The fourth-order valence-electron chi connectivity index (χ4n) is 2.39. The minimum Gasteiger partial charge on any atom is -0.379 e. The molecule has 1 heterocycles. The number of anilines is 1. The molecule has 1 saturated heterocycles. The molecule has 5 heteroatoms. The number of piperazine rings is 1. The Bertz CT molecular complexity index is 390. The third-order valence-electron chi connectivity index (χ3n) is 3.60. The van der Waals surface area contributed by atoms with Gasteiger partial charge in [-0.15, -0.1) is 0 Å². The van der Waals surface area contributed by atoms with Crippen molar-refractivity contribution in [2.24, 2.45) is 5.73 Å². The molecule has 1 aromatic rings. The predicted octanol–water partition coefficient (Wildman–Crippen LogP) is 1.44. The van der Waals surface area contributed by atoms with Crippen LogP contribution >= 0.6 is 11.6 Å². The second kappa shape index (κ2) is 7.10. The van der Waals surface area contributed by atoms with Crippen molar-refractivity contribution in [3.63, 3.8) is 0 Å². The maximum absolute atomic E-state index is 6.03. The van der Waals surface area contributed by atoms with Crippen LogP contribution in [0.1, 0.15) is 0 Å². The van der Waals surface area contributed by atoms with E-state index in [-0.39, 0.29) is 6.10 Å². The molecule has 19 heavy (non-hydrogen) atoms. The molecule has 1 aliphatic heterocycles. The van der Waals surface area contributed by atoms with Gasteiger partial charge in [-0.3, -0.25) is 4.90 Å². The van der Waals surface area contributed by atoms with Gasteiger partial charge in [0.25, 0.3) is 0 Å². The van der Waals surface area contributed by atoms with Gasteiger partial charge >= 0.3 is 0 Å². The molecule has 4 nitrogen and oxygen atoms in total. The Kier molecular flexibility index (Phi) is 5.45. The van der Waals surface area contributed by atoms with E-state index in [4.69, 9.17) is 22.1 Å². The van der Waals surface area contributed by atoms with Crippen molar-refractivity contribution in [3.05, 3.63) is 29.3 Å². The number of rotatable bonds is 5. The normalized spacial score (nSPS) is 18.6. The topological polar surface area (TPSA) is 41.7 Å². The van der Waals surface area contributed by atoms with Crippen molar-refractivity contribution < 1.29 is 4.74 Å². The van der Waals surface area contributed by atoms with Gasteiger partial charge in [-0.1, -0.05) is 17.7 Å². The standard InChI is InChI=1S/C14H22ClN3O/c1-19-14(10-16)11-17-5-7-18(8-6-17)13-4-2-3-12(15)9-13/h2-4,9,14H,5-8,10-11,16H2,1H3. The maximum atomic E-state index is 6.03. The highest BCUT2D eigenvalue weighted by Gasteiger charge is 2.19. The molecule has 2 N–H and O–H groups in total. The molecule has 0 aliphatic carbocycles. The lowest BCUT2D eigenvalue weighted by atomic mass is 10.2. The molecule has 1 fully saturated rings. The summed E-state index contributed by atoms with van der Waals surface area (Å²) < 4.78 is 5.33. The summed E-state index contributed by atoms with van der Waals surface area (Å²) in [5.41, 5.74) is 6.86. The summed E-state index contributed by atoms with van der Waals surface area (Å²) in [6.07, 6.45) is 0.137. The molecule has 2 rings (SSSR count). The van der Waals surface area contributed by atoms with Crippen molar-refractivity contribution in [2.75, 3.05) is 51.3 Å². The first kappa shape index (κ1) is 14.6. The number of halogens is 1. The van der Waals surface area contributed by atoms with Crippen LogP contribution in [0.2, 0.25) is 5.02 Å². The molecule has 1 atom stereocenters. The largest absolute Gasteiger partial charge is 0.379 e. The van der Waals surface area contributed by atoms with Crippen molar-refractivity contribution in [3.8, 4) is 0 Å². The molecule has 0 amide bonds. The molecule has 0 radical (unpaired) electrons. The van der Waals surface area contributed by atoms with Gasteiger partial charge in [-0.2, -0.15) is 0 Å². The van der Waals surface area contributed by atoms with Crippen LogP contribution in [0.15, 0.2) is 24.3 Å². The van der Waals surface area contributed by atoms with E-state index in [1.165, 1.54) is 5.69 Å². The Morgan fingerprint density at radius 3 is 2.63 bits per heavy atom. The Labute approximate surface area is 120 Å². The third kappa shape index (κ3) is 4.08. The van der Waals surface area contributed by atoms with E-state index < -0.39 is 0 Å². The fourth-order valence-corrected chi connectivity index (χ4v) is 2.58. The van der Waals surface area contributed by atoms with Gasteiger partial charge in [-0.25, -0.2) is 0 Å². The second-order valence-electron chi connectivity index (χ2n) is 4.86. The monoisotopic (exact) mass is 283 g/mol. The van der Waals surface area contributed by atoms with Crippen LogP contribution in [0.3, 0.4) is 0 Å². The SMILES string of the molecule is COC(CN)CN1CCN(c2cccc(Cl)c2)CC1. The number of ether oxygens (including phenoxy) is 1. The summed E-state index contributed by atoms with van der Waals surface area (Å²) in [5.74, 6) is 0. The van der Waals surface area contributed by atoms with Gasteiger partial charge in [0.05, 0.1) is 6.10 Å². The van der Waals surface area contributed by atoms with E-state index in [2.05, 4.69) is 15.9 Å². The van der Waals surface area contributed by atoms with Crippen LogP contribution in [-0.4, -0.2) is 57.4 Å². The van der Waals surface area contributed by atoms with Gasteiger partial charge in [0.2, 0.25) is 0 Å². The van der Waals surface area contributed by atoms with Gasteiger partial charge in [-0.05, 0) is 18.2 Å². The Balaban J connectivity index is 1.85. The van der Waals surface area contributed by atoms with Crippen LogP contribution < -0.4 is 10.6 Å². The number of benzene rings is 1. The number of hydrogen-bond donors (Lipinski definition) is 1. The predicted molar refractivity (Wildman–Crippen MR) is 80.0 cm³/mol. The lowest BCUT2D eigenvalue weighted by Crippen LogP contribution is -2.49. The molecule has 1 aromatic carbocycles. The number of methoxy groups -OCH3 is 1. The Morgan fingerprint density at radius 1 is 1.32 bits per heavy atom. The van der Waals surface area contributed by atoms with E-state index in [1.807, 2.05) is 18.2 Å². The lowest BCUT2D eigenvalue weighted by molar-refractivity contribution is 0.0679. The Morgan fingerprint density at radius 2 is 2.05 bits per heavy atom. The highest BCUT2D eigenvalue weighted by molar-refractivity contribution is 6.30. The van der Waals surface area contributed by atoms with Crippen LogP contribution in [0.5, 0.6) is 0 Å². The number of hydrogen-bond acceptors (Lipinski definition) is 4. The minimum atomic E-state index is 0.137. The average Bonchev–Trinajstić information content (AvgIpc) is 2.45. The Hall–Kier alpha value is -0.810. The molecular weight excluding hydrogens is 262 g/mol. The zero-order valence-electron chi connectivity index (χ0n) is 11.4. The molecule has 1 unspecified atom stereocenters. The molecule has 1 aliphatic rings. The molecule has 0 aromatic heterocycles. The van der Waals surface area contributed by atoms with Crippen LogP contribution in [0.4, 0.5) is 5.69 Å². The van der Waals surface area contributed by atoms with Crippen LogP contribution in [0.25, 0.3) is 0 Å². The summed E-state index contributed by atoms with van der Waals surface area (Å²) in [6.45, 7) is 5.59. The van der Waals surface area contributed by atoms with E-state index in [0.29, 0.717) is 6.54 Å². The van der Waals surface area contributed by atoms with Gasteiger partial charge < -0.3 is 15.4 Å². The van der Waals surface area contributed by atoms with Crippen LogP contribution in [-0.2, 0) is 4.74 Å². The third-order valence-corrected chi connectivity index (χ3v) is 3.84. The zero-order valence-corrected chi connectivity index (χ0v) is 12.1. The zero-order chi connectivity index (χ0) is 13.7. The first-order valence-corrected chi connectivity index (χ1v) is 7.06. The smallest absolute Gasteiger partial charge is 0.0820 e. The van der Waals surface area contributed by atoms with Crippen LogP contribution in [0, 0.1) is 0 Å². The number of nitrogens with two attached hydrogens (primary N) is 1. The molecular formula is C14H22ClN3O. The van der Waals surface area contributed by atoms with E-state index in [9.17, 15) is 0 Å². The summed E-state index contributed by atoms with van der Waals surface area (Å²) in [7, 11) is 1.72. The summed E-state index contributed by atoms with van der Waals surface area (Å²) in [6, 6.07) is 8.04. The van der Waals surface area contributed by atoms with Crippen molar-refractivity contribution >= 4 is 17.3 Å². The van der Waals surface area contributed by atoms with Gasteiger partial charge in [0.15, 0.2) is 0 Å². The summed E-state index contributed by atoms with van der Waals surface area (Å²) in [4.78, 5) is 4.77. The van der Waals surface area contributed by atoms with Gasteiger partial charge in [0.1, 0.15) is 0 Å². The quantitative estimate of drug-likeness (QED) is 0.888. The first-order chi connectivity index (χ1) is 9.22. The highest BCUT2D eigenvalue weighted by atomic mass is 35.5. The fraction of sp³-hybridized carbons (Fsp3) is 0.571.